The van der Waals surface area contributed by atoms with Crippen LogP contribution in [0.5, 0.6) is 5.75 Å². The molecule has 0 aromatic heterocycles. The molecule has 0 bridgehead atoms. The molecule has 110 valence electrons. The van der Waals surface area contributed by atoms with Gasteiger partial charge in [-0.15, -0.1) is 0 Å². The number of ether oxygens (including phenoxy) is 1. The molecule has 0 radical (unpaired) electrons. The molecule has 5 nitrogen and oxygen atoms in total. The number of carboxylic acid groups (broad SMARTS) is 1. The lowest BCUT2D eigenvalue weighted by molar-refractivity contribution is -0.142. The second kappa shape index (κ2) is 8.58. The quantitative estimate of drug-likeness (QED) is 0.760. The Balaban J connectivity index is 2.32. The molecule has 1 aromatic rings. The Bertz CT molecular complexity index is 447. The number of aliphatic carboxylic acids is 1. The number of hydrogen-bond donors (Lipinski definition) is 2. The lowest BCUT2D eigenvalue weighted by Crippen LogP contribution is -2.41. The lowest BCUT2D eigenvalue weighted by Gasteiger charge is -2.13. The van der Waals surface area contributed by atoms with Gasteiger partial charge < -0.3 is 15.2 Å². The molecule has 20 heavy (non-hydrogen) atoms. The number of rotatable bonds is 8. The van der Waals surface area contributed by atoms with Crippen molar-refractivity contribution in [2.24, 2.45) is 0 Å². The molecule has 0 aliphatic carbocycles. The summed E-state index contributed by atoms with van der Waals surface area (Å²) >= 11 is 3.32. The van der Waals surface area contributed by atoms with Gasteiger partial charge in [0.15, 0.2) is 0 Å². The summed E-state index contributed by atoms with van der Waals surface area (Å²) in [6.07, 6.45) is 1.25. The van der Waals surface area contributed by atoms with Crippen LogP contribution in [0.1, 0.15) is 26.2 Å². The van der Waals surface area contributed by atoms with Crippen LogP contribution in [0.3, 0.4) is 0 Å². The highest BCUT2D eigenvalue weighted by Crippen LogP contribution is 2.16. The zero-order valence-corrected chi connectivity index (χ0v) is 12.9. The normalized spacial score (nSPS) is 11.7. The molecule has 0 saturated carbocycles. The third kappa shape index (κ3) is 6.06. The fraction of sp³-hybridized carbons (Fsp3) is 0.429. The van der Waals surface area contributed by atoms with E-state index in [-0.39, 0.29) is 18.9 Å². The summed E-state index contributed by atoms with van der Waals surface area (Å²) in [7, 11) is 0. The number of carboxylic acids is 1. The van der Waals surface area contributed by atoms with Crippen molar-refractivity contribution < 1.29 is 19.4 Å². The average Bonchev–Trinajstić information content (AvgIpc) is 2.40. The number of halogens is 1. The summed E-state index contributed by atoms with van der Waals surface area (Å²) in [5.74, 6) is -0.652. The number of hydrogen-bond acceptors (Lipinski definition) is 3. The maximum absolute atomic E-state index is 11.6. The fourth-order valence-corrected chi connectivity index (χ4v) is 1.87. The van der Waals surface area contributed by atoms with Crippen LogP contribution in [-0.2, 0) is 9.59 Å². The number of carbonyl (C=O) groups excluding carboxylic acids is 1. The average molecular weight is 344 g/mol. The molecule has 6 heteroatoms. The van der Waals surface area contributed by atoms with Crippen LogP contribution in [0.2, 0.25) is 0 Å². The Labute approximate surface area is 126 Å². The van der Waals surface area contributed by atoms with Gasteiger partial charge in [-0.3, -0.25) is 4.79 Å². The molecular weight excluding hydrogens is 326 g/mol. The van der Waals surface area contributed by atoms with E-state index in [2.05, 4.69) is 21.2 Å². The van der Waals surface area contributed by atoms with E-state index in [0.717, 1.165) is 4.47 Å². The highest BCUT2D eigenvalue weighted by atomic mass is 79.9. The van der Waals surface area contributed by atoms with E-state index in [0.29, 0.717) is 18.6 Å². The first-order valence-electron chi connectivity index (χ1n) is 6.43. The first-order valence-corrected chi connectivity index (χ1v) is 7.22. The van der Waals surface area contributed by atoms with Gasteiger partial charge in [-0.05, 0) is 30.7 Å². The van der Waals surface area contributed by atoms with E-state index in [4.69, 9.17) is 9.84 Å². The van der Waals surface area contributed by atoms with E-state index < -0.39 is 12.0 Å². The monoisotopic (exact) mass is 343 g/mol. The molecule has 0 heterocycles. The van der Waals surface area contributed by atoms with E-state index in [1.54, 1.807) is 12.1 Å². The van der Waals surface area contributed by atoms with Crippen molar-refractivity contribution in [2.75, 3.05) is 6.61 Å². The molecule has 0 saturated heterocycles. The number of carbonyl (C=O) groups is 2. The van der Waals surface area contributed by atoms with Crippen LogP contribution in [0.25, 0.3) is 0 Å². The van der Waals surface area contributed by atoms with E-state index >= 15 is 0 Å². The predicted molar refractivity (Wildman–Crippen MR) is 78.7 cm³/mol. The van der Waals surface area contributed by atoms with E-state index in [1.165, 1.54) is 0 Å². The molecule has 1 aromatic carbocycles. The third-order valence-electron chi connectivity index (χ3n) is 2.62. The molecular formula is C14H18BrNO4. The van der Waals surface area contributed by atoms with Gasteiger partial charge in [-0.1, -0.05) is 29.3 Å². The minimum Gasteiger partial charge on any atom is -0.493 e. The largest absolute Gasteiger partial charge is 0.493 e. The highest BCUT2D eigenvalue weighted by molar-refractivity contribution is 9.10. The Hall–Kier alpha value is -1.56. The molecule has 1 unspecified atom stereocenters. The van der Waals surface area contributed by atoms with Crippen LogP contribution in [0, 0.1) is 0 Å². The highest BCUT2D eigenvalue weighted by Gasteiger charge is 2.18. The molecule has 1 atom stereocenters. The first kappa shape index (κ1) is 16.5. The van der Waals surface area contributed by atoms with Crippen LogP contribution < -0.4 is 10.1 Å². The Kier molecular flexibility index (Phi) is 7.08. The van der Waals surface area contributed by atoms with Crippen LogP contribution in [0.4, 0.5) is 0 Å². The van der Waals surface area contributed by atoms with Crippen molar-refractivity contribution in [3.05, 3.63) is 28.7 Å². The molecule has 1 rings (SSSR count). The Morgan fingerprint density at radius 1 is 1.35 bits per heavy atom. The molecule has 0 aliphatic rings. The maximum atomic E-state index is 11.6. The first-order chi connectivity index (χ1) is 9.52. The van der Waals surface area contributed by atoms with Crippen LogP contribution in [-0.4, -0.2) is 29.6 Å². The molecule has 0 spiro atoms. The summed E-state index contributed by atoms with van der Waals surface area (Å²) in [5, 5.41) is 11.4. The molecule has 0 aliphatic heterocycles. The van der Waals surface area contributed by atoms with Crippen molar-refractivity contribution in [1.29, 1.82) is 0 Å². The van der Waals surface area contributed by atoms with Crippen molar-refractivity contribution in [1.82, 2.24) is 5.32 Å². The number of benzene rings is 1. The minimum atomic E-state index is -1.01. The molecule has 0 fully saturated rings. The van der Waals surface area contributed by atoms with E-state index in [9.17, 15) is 9.59 Å². The van der Waals surface area contributed by atoms with Gasteiger partial charge >= 0.3 is 5.97 Å². The van der Waals surface area contributed by atoms with Crippen molar-refractivity contribution in [3.63, 3.8) is 0 Å². The topological polar surface area (TPSA) is 75.6 Å². The Morgan fingerprint density at radius 2 is 2.00 bits per heavy atom. The van der Waals surface area contributed by atoms with E-state index in [1.807, 2.05) is 19.1 Å². The smallest absolute Gasteiger partial charge is 0.326 e. The third-order valence-corrected chi connectivity index (χ3v) is 3.15. The summed E-state index contributed by atoms with van der Waals surface area (Å²) in [6.45, 7) is 2.09. The SMILES string of the molecule is CCCC(NC(=O)CCOc1ccc(Br)cc1)C(=O)O. The summed E-state index contributed by atoms with van der Waals surface area (Å²) < 4.78 is 6.35. The van der Waals surface area contributed by atoms with Gasteiger partial charge in [-0.2, -0.15) is 0 Å². The van der Waals surface area contributed by atoms with Gasteiger partial charge in [0.25, 0.3) is 0 Å². The van der Waals surface area contributed by atoms with Gasteiger partial charge in [0.1, 0.15) is 11.8 Å². The summed E-state index contributed by atoms with van der Waals surface area (Å²) in [4.78, 5) is 22.5. The Morgan fingerprint density at radius 3 is 2.55 bits per heavy atom. The summed E-state index contributed by atoms with van der Waals surface area (Å²) in [6, 6.07) is 6.45. The zero-order chi connectivity index (χ0) is 15.0. The van der Waals surface area contributed by atoms with Crippen LogP contribution >= 0.6 is 15.9 Å². The van der Waals surface area contributed by atoms with Crippen molar-refractivity contribution >= 4 is 27.8 Å². The van der Waals surface area contributed by atoms with Gasteiger partial charge in [0, 0.05) is 4.47 Å². The van der Waals surface area contributed by atoms with Gasteiger partial charge in [0.05, 0.1) is 13.0 Å². The standard InChI is InChI=1S/C14H18BrNO4/c1-2-3-12(14(18)19)16-13(17)8-9-20-11-6-4-10(15)5-7-11/h4-7,12H,2-3,8-9H2,1H3,(H,16,17)(H,18,19). The molecule has 1 amide bonds. The lowest BCUT2D eigenvalue weighted by atomic mass is 10.1. The zero-order valence-electron chi connectivity index (χ0n) is 11.3. The second-order valence-corrected chi connectivity index (χ2v) is 5.22. The number of nitrogens with one attached hydrogen (secondary N) is 1. The molecule has 2 N–H and O–H groups in total. The summed E-state index contributed by atoms with van der Waals surface area (Å²) in [5.41, 5.74) is 0. The van der Waals surface area contributed by atoms with Crippen LogP contribution in [0.15, 0.2) is 28.7 Å². The van der Waals surface area contributed by atoms with Crippen molar-refractivity contribution in [3.8, 4) is 5.75 Å². The fourth-order valence-electron chi connectivity index (χ4n) is 1.60. The van der Waals surface area contributed by atoms with Gasteiger partial charge in [-0.25, -0.2) is 4.79 Å². The number of amides is 1. The minimum absolute atomic E-state index is 0.129. The van der Waals surface area contributed by atoms with Gasteiger partial charge in [0.2, 0.25) is 5.91 Å². The maximum Gasteiger partial charge on any atom is 0.326 e. The second-order valence-electron chi connectivity index (χ2n) is 4.30. The van der Waals surface area contributed by atoms with Crippen molar-refractivity contribution in [2.45, 2.75) is 32.2 Å². The predicted octanol–water partition coefficient (Wildman–Crippen LogP) is 2.59.